The molecule has 0 radical (unpaired) electrons. The van der Waals surface area contributed by atoms with Crippen LogP contribution in [-0.4, -0.2) is 4.75 Å². The molecule has 0 saturated heterocycles. The lowest BCUT2D eigenvalue weighted by Gasteiger charge is -2.30. The third-order valence-electron chi connectivity index (χ3n) is 4.15. The lowest BCUT2D eigenvalue weighted by molar-refractivity contribution is 0.436. The van der Waals surface area contributed by atoms with Crippen LogP contribution in [-0.2, 0) is 5.41 Å². The van der Waals surface area contributed by atoms with Crippen molar-refractivity contribution in [3.63, 3.8) is 0 Å². The van der Waals surface area contributed by atoms with E-state index in [4.69, 9.17) is 0 Å². The first-order valence-electron chi connectivity index (χ1n) is 7.43. The van der Waals surface area contributed by atoms with E-state index in [0.717, 1.165) is 0 Å². The molecular weight excluding hydrogens is 248 g/mol. The molecule has 0 bridgehead atoms. The van der Waals surface area contributed by atoms with Gasteiger partial charge < -0.3 is 0 Å². The molecule has 0 heterocycles. The van der Waals surface area contributed by atoms with Gasteiger partial charge in [0.1, 0.15) is 0 Å². The molecule has 0 nitrogen and oxygen atoms in total. The van der Waals surface area contributed by atoms with Crippen molar-refractivity contribution in [1.82, 2.24) is 0 Å². The molecule has 0 fully saturated rings. The van der Waals surface area contributed by atoms with Crippen LogP contribution in [0.3, 0.4) is 0 Å². The summed E-state index contributed by atoms with van der Waals surface area (Å²) in [6, 6.07) is 4.82. The summed E-state index contributed by atoms with van der Waals surface area (Å²) in [5.74, 6) is 0. The molecule has 19 heavy (non-hydrogen) atoms. The largest absolute Gasteiger partial charge is 0.120 e. The average molecular weight is 279 g/mol. The van der Waals surface area contributed by atoms with E-state index in [1.807, 2.05) is 11.8 Å². The van der Waals surface area contributed by atoms with Gasteiger partial charge in [-0.3, -0.25) is 0 Å². The first-order valence-corrected chi connectivity index (χ1v) is 8.25. The van der Waals surface area contributed by atoms with E-state index in [1.54, 1.807) is 0 Å². The minimum absolute atomic E-state index is 0.275. The van der Waals surface area contributed by atoms with Gasteiger partial charge in [-0.1, -0.05) is 47.6 Å². The Morgan fingerprint density at radius 1 is 0.895 bits per heavy atom. The second kappa shape index (κ2) is 5.91. The molecule has 1 aromatic carbocycles. The summed E-state index contributed by atoms with van der Waals surface area (Å²) >= 11 is 1.98. The molecule has 1 rings (SSSR count). The molecule has 0 N–H and O–H groups in total. The maximum atomic E-state index is 2.43. The van der Waals surface area contributed by atoms with Crippen molar-refractivity contribution >= 4 is 11.8 Å². The van der Waals surface area contributed by atoms with Gasteiger partial charge in [0.05, 0.1) is 0 Å². The number of hydrogen-bond donors (Lipinski definition) is 0. The van der Waals surface area contributed by atoms with Gasteiger partial charge in [0, 0.05) is 9.64 Å². The van der Waals surface area contributed by atoms with Crippen molar-refractivity contribution in [3.8, 4) is 0 Å². The van der Waals surface area contributed by atoms with Crippen LogP contribution < -0.4 is 0 Å². The lowest BCUT2D eigenvalue weighted by Crippen LogP contribution is -2.21. The predicted octanol–water partition coefficient (Wildman–Crippen LogP) is 6.27. The van der Waals surface area contributed by atoms with E-state index in [9.17, 15) is 0 Å². The Labute approximate surface area is 124 Å². The van der Waals surface area contributed by atoms with Gasteiger partial charge in [0.2, 0.25) is 0 Å². The molecule has 0 aliphatic carbocycles. The summed E-state index contributed by atoms with van der Waals surface area (Å²) in [7, 11) is 0. The Morgan fingerprint density at radius 3 is 1.84 bits per heavy atom. The fourth-order valence-corrected chi connectivity index (χ4v) is 3.63. The van der Waals surface area contributed by atoms with E-state index in [1.165, 1.54) is 34.4 Å². The fraction of sp³-hybridized carbons (Fsp3) is 0.667. The van der Waals surface area contributed by atoms with Crippen LogP contribution in [0, 0.1) is 13.8 Å². The molecule has 1 aromatic rings. The minimum Gasteiger partial charge on any atom is -0.120 e. The third kappa shape index (κ3) is 4.02. The number of aryl methyl sites for hydroxylation is 2. The highest BCUT2D eigenvalue weighted by Crippen LogP contribution is 2.39. The van der Waals surface area contributed by atoms with Gasteiger partial charge in [0.25, 0.3) is 0 Å². The summed E-state index contributed by atoms with van der Waals surface area (Å²) in [4.78, 5) is 1.43. The van der Waals surface area contributed by atoms with Crippen molar-refractivity contribution in [2.45, 2.75) is 83.3 Å². The highest BCUT2D eigenvalue weighted by molar-refractivity contribution is 8.00. The van der Waals surface area contributed by atoms with Crippen LogP contribution in [0.1, 0.15) is 71.1 Å². The van der Waals surface area contributed by atoms with E-state index in [-0.39, 0.29) is 4.75 Å². The SMILES string of the molecule is CCC(C)(CC)c1cc(C)c(SC(C)(C)C)cc1C. The maximum absolute atomic E-state index is 2.43. The van der Waals surface area contributed by atoms with E-state index < -0.39 is 0 Å². The van der Waals surface area contributed by atoms with Crippen molar-refractivity contribution in [1.29, 1.82) is 0 Å². The van der Waals surface area contributed by atoms with Crippen molar-refractivity contribution < 1.29 is 0 Å². The van der Waals surface area contributed by atoms with Crippen molar-refractivity contribution in [2.75, 3.05) is 0 Å². The molecule has 0 unspecified atom stereocenters. The van der Waals surface area contributed by atoms with Crippen LogP contribution in [0.5, 0.6) is 0 Å². The first kappa shape index (κ1) is 16.6. The summed E-state index contributed by atoms with van der Waals surface area (Å²) < 4.78 is 0.275. The average Bonchev–Trinajstić information content (AvgIpc) is 2.30. The number of benzene rings is 1. The molecule has 108 valence electrons. The second-order valence-corrected chi connectivity index (χ2v) is 8.78. The van der Waals surface area contributed by atoms with Crippen LogP contribution >= 0.6 is 11.8 Å². The molecule has 1 heteroatoms. The third-order valence-corrected chi connectivity index (χ3v) is 5.42. The van der Waals surface area contributed by atoms with Crippen LogP contribution in [0.2, 0.25) is 0 Å². The molecule has 0 aromatic heterocycles. The molecule has 0 atom stereocenters. The van der Waals surface area contributed by atoms with Crippen LogP contribution in [0.15, 0.2) is 17.0 Å². The molecule has 0 saturated carbocycles. The zero-order valence-corrected chi connectivity index (χ0v) is 14.8. The van der Waals surface area contributed by atoms with Crippen molar-refractivity contribution in [3.05, 3.63) is 28.8 Å². The topological polar surface area (TPSA) is 0 Å². The Kier molecular flexibility index (Phi) is 5.17. The monoisotopic (exact) mass is 278 g/mol. The lowest BCUT2D eigenvalue weighted by atomic mass is 9.75. The Bertz CT molecular complexity index is 434. The zero-order chi connectivity index (χ0) is 14.8. The van der Waals surface area contributed by atoms with Gasteiger partial charge in [-0.05, 0) is 54.9 Å². The Morgan fingerprint density at radius 2 is 1.42 bits per heavy atom. The molecule has 0 amide bonds. The van der Waals surface area contributed by atoms with E-state index in [2.05, 4.69) is 67.5 Å². The smallest absolute Gasteiger partial charge is 0.0122 e. The Hall–Kier alpha value is -0.430. The summed E-state index contributed by atoms with van der Waals surface area (Å²) in [6.07, 6.45) is 2.41. The quantitative estimate of drug-likeness (QED) is 0.585. The van der Waals surface area contributed by atoms with Gasteiger partial charge >= 0.3 is 0 Å². The first-order chi connectivity index (χ1) is 8.63. The summed E-state index contributed by atoms with van der Waals surface area (Å²) in [5.41, 5.74) is 4.73. The molecule has 0 spiro atoms. The molecule has 0 aliphatic heterocycles. The van der Waals surface area contributed by atoms with Crippen LogP contribution in [0.4, 0.5) is 0 Å². The van der Waals surface area contributed by atoms with Crippen molar-refractivity contribution in [2.24, 2.45) is 0 Å². The minimum atomic E-state index is 0.275. The molecular formula is C18H30S. The highest BCUT2D eigenvalue weighted by atomic mass is 32.2. The van der Waals surface area contributed by atoms with Crippen LogP contribution in [0.25, 0.3) is 0 Å². The highest BCUT2D eigenvalue weighted by Gasteiger charge is 2.25. The van der Waals surface area contributed by atoms with E-state index in [0.29, 0.717) is 5.41 Å². The van der Waals surface area contributed by atoms with Gasteiger partial charge in [0.15, 0.2) is 0 Å². The number of thioether (sulfide) groups is 1. The number of hydrogen-bond acceptors (Lipinski definition) is 1. The summed E-state index contributed by atoms with van der Waals surface area (Å²) in [6.45, 7) is 18.4. The Balaban J connectivity index is 3.24. The summed E-state index contributed by atoms with van der Waals surface area (Å²) in [5, 5.41) is 0. The fourth-order valence-electron chi connectivity index (χ4n) is 2.51. The normalized spacial score (nSPS) is 12.8. The van der Waals surface area contributed by atoms with Gasteiger partial charge in [-0.2, -0.15) is 0 Å². The van der Waals surface area contributed by atoms with E-state index >= 15 is 0 Å². The maximum Gasteiger partial charge on any atom is 0.0122 e. The predicted molar refractivity (Wildman–Crippen MR) is 89.5 cm³/mol. The zero-order valence-electron chi connectivity index (χ0n) is 14.0. The van der Waals surface area contributed by atoms with Gasteiger partial charge in [-0.15, -0.1) is 11.8 Å². The standard InChI is InChI=1S/C18H30S/c1-9-18(8,10-2)15-11-14(4)16(12-13(15)3)19-17(5,6)7/h11-12H,9-10H2,1-8H3. The second-order valence-electron chi connectivity index (χ2n) is 6.91. The van der Waals surface area contributed by atoms with Gasteiger partial charge in [-0.25, -0.2) is 0 Å². The molecule has 0 aliphatic rings. The number of rotatable bonds is 4.